The molecule has 0 aromatic heterocycles. The highest BCUT2D eigenvalue weighted by atomic mass is 16.6. The number of hydrogen-bond donors (Lipinski definition) is 0. The van der Waals surface area contributed by atoms with Gasteiger partial charge in [-0.2, -0.15) is 0 Å². The van der Waals surface area contributed by atoms with Crippen molar-refractivity contribution in [2.45, 2.75) is 19.4 Å². The highest BCUT2D eigenvalue weighted by Crippen LogP contribution is 2.32. The Hall–Kier alpha value is -3.42. The number of carbonyl (C=O) groups is 2. The van der Waals surface area contributed by atoms with E-state index in [0.29, 0.717) is 5.75 Å². The number of Topliss-reactive ketones (excluding diaryl/α,β-unsaturated/α-hetero) is 1. The van der Waals surface area contributed by atoms with Crippen molar-refractivity contribution in [1.29, 1.82) is 0 Å². The summed E-state index contributed by atoms with van der Waals surface area (Å²) in [6.07, 6.45) is 0. The topological polar surface area (TPSA) is 105 Å². The minimum Gasteiger partial charge on any atom is -0.497 e. The van der Waals surface area contributed by atoms with Crippen LogP contribution in [0, 0.1) is 10.1 Å². The van der Waals surface area contributed by atoms with Crippen molar-refractivity contribution in [3.8, 4) is 11.5 Å². The number of benzene rings is 2. The first-order valence-electron chi connectivity index (χ1n) is 7.99. The Labute approximate surface area is 155 Å². The monoisotopic (exact) mass is 373 g/mol. The SMILES string of the molecule is COC(=O)C(C(C)=O)c1ccc(OCc2ccc(OC)cc2)c([N+](=O)[O-])c1. The Morgan fingerprint density at radius 2 is 1.78 bits per heavy atom. The van der Waals surface area contributed by atoms with E-state index in [9.17, 15) is 19.7 Å². The highest BCUT2D eigenvalue weighted by Gasteiger charge is 2.29. The third-order valence-corrected chi connectivity index (χ3v) is 3.91. The zero-order valence-corrected chi connectivity index (χ0v) is 15.1. The number of ketones is 1. The molecule has 2 aromatic carbocycles. The van der Waals surface area contributed by atoms with Crippen LogP contribution in [0.5, 0.6) is 11.5 Å². The molecule has 0 bridgehead atoms. The van der Waals surface area contributed by atoms with Crippen molar-refractivity contribution in [2.24, 2.45) is 0 Å². The lowest BCUT2D eigenvalue weighted by Crippen LogP contribution is -2.21. The highest BCUT2D eigenvalue weighted by molar-refractivity contribution is 6.03. The largest absolute Gasteiger partial charge is 0.497 e. The smallest absolute Gasteiger partial charge is 0.320 e. The van der Waals surface area contributed by atoms with Crippen molar-refractivity contribution in [3.63, 3.8) is 0 Å². The molecule has 2 rings (SSSR count). The predicted octanol–water partition coefficient (Wildman–Crippen LogP) is 3.03. The van der Waals surface area contributed by atoms with Gasteiger partial charge in [-0.15, -0.1) is 0 Å². The molecule has 142 valence electrons. The van der Waals surface area contributed by atoms with E-state index in [1.807, 2.05) is 0 Å². The Bertz CT molecular complexity index is 846. The molecule has 0 radical (unpaired) electrons. The molecule has 0 aliphatic carbocycles. The zero-order chi connectivity index (χ0) is 20.0. The first-order valence-corrected chi connectivity index (χ1v) is 7.99. The number of nitrogens with zero attached hydrogens (tertiary/aromatic N) is 1. The maximum atomic E-state index is 11.8. The second kappa shape index (κ2) is 8.79. The molecule has 0 N–H and O–H groups in total. The van der Waals surface area contributed by atoms with E-state index >= 15 is 0 Å². The van der Waals surface area contributed by atoms with Crippen LogP contribution in [0.4, 0.5) is 5.69 Å². The van der Waals surface area contributed by atoms with Crippen LogP contribution in [0.1, 0.15) is 24.0 Å². The number of methoxy groups -OCH3 is 2. The lowest BCUT2D eigenvalue weighted by atomic mass is 9.95. The van der Waals surface area contributed by atoms with Gasteiger partial charge >= 0.3 is 11.7 Å². The van der Waals surface area contributed by atoms with Gasteiger partial charge in [0.25, 0.3) is 0 Å². The fourth-order valence-corrected chi connectivity index (χ4v) is 2.52. The summed E-state index contributed by atoms with van der Waals surface area (Å²) < 4.78 is 15.2. The molecule has 2 aromatic rings. The summed E-state index contributed by atoms with van der Waals surface area (Å²) in [6, 6.07) is 11.0. The molecule has 0 saturated carbocycles. The van der Waals surface area contributed by atoms with Gasteiger partial charge in [-0.05, 0) is 36.2 Å². The quantitative estimate of drug-likeness (QED) is 0.303. The van der Waals surface area contributed by atoms with Gasteiger partial charge in [-0.1, -0.05) is 18.2 Å². The Morgan fingerprint density at radius 3 is 2.30 bits per heavy atom. The van der Waals surface area contributed by atoms with Crippen LogP contribution >= 0.6 is 0 Å². The number of ether oxygens (including phenoxy) is 3. The van der Waals surface area contributed by atoms with Crippen LogP contribution in [0.2, 0.25) is 0 Å². The van der Waals surface area contributed by atoms with Crippen LogP contribution in [0.25, 0.3) is 0 Å². The van der Waals surface area contributed by atoms with Crippen molar-refractivity contribution < 1.29 is 28.7 Å². The lowest BCUT2D eigenvalue weighted by molar-refractivity contribution is -0.386. The minimum atomic E-state index is -1.22. The minimum absolute atomic E-state index is 0.0340. The zero-order valence-electron chi connectivity index (χ0n) is 15.1. The molecule has 8 heteroatoms. The van der Waals surface area contributed by atoms with E-state index in [4.69, 9.17) is 9.47 Å². The molecular weight excluding hydrogens is 354 g/mol. The predicted molar refractivity (Wildman–Crippen MR) is 95.9 cm³/mol. The summed E-state index contributed by atoms with van der Waals surface area (Å²) in [5.41, 5.74) is 0.638. The van der Waals surface area contributed by atoms with Crippen LogP contribution in [0.15, 0.2) is 42.5 Å². The normalized spacial score (nSPS) is 11.4. The molecule has 1 unspecified atom stereocenters. The van der Waals surface area contributed by atoms with Crippen molar-refractivity contribution in [3.05, 3.63) is 63.7 Å². The Balaban J connectivity index is 2.27. The molecule has 8 nitrogen and oxygen atoms in total. The molecule has 0 heterocycles. The van der Waals surface area contributed by atoms with Gasteiger partial charge in [0, 0.05) is 6.07 Å². The second-order valence-electron chi connectivity index (χ2n) is 5.69. The van der Waals surface area contributed by atoms with E-state index in [-0.39, 0.29) is 23.6 Å². The summed E-state index contributed by atoms with van der Waals surface area (Å²) in [4.78, 5) is 34.4. The standard InChI is InChI=1S/C19H19NO7/c1-12(21)18(19(22)26-3)14-6-9-17(16(10-14)20(23)24)27-11-13-4-7-15(25-2)8-5-13/h4-10,18H,11H2,1-3H3. The molecule has 0 saturated heterocycles. The van der Waals surface area contributed by atoms with Gasteiger partial charge in [0.2, 0.25) is 0 Å². The van der Waals surface area contributed by atoms with Crippen molar-refractivity contribution in [1.82, 2.24) is 0 Å². The maximum absolute atomic E-state index is 11.8. The van der Waals surface area contributed by atoms with Gasteiger partial charge in [0.1, 0.15) is 24.1 Å². The summed E-state index contributed by atoms with van der Waals surface area (Å²) in [5, 5.41) is 11.4. The molecule has 1 atom stereocenters. The average Bonchev–Trinajstić information content (AvgIpc) is 2.66. The first kappa shape index (κ1) is 19.9. The van der Waals surface area contributed by atoms with Crippen molar-refractivity contribution >= 4 is 17.4 Å². The molecule has 0 amide bonds. The number of hydrogen-bond acceptors (Lipinski definition) is 7. The maximum Gasteiger partial charge on any atom is 0.320 e. The van der Waals surface area contributed by atoms with Crippen LogP contribution < -0.4 is 9.47 Å². The third kappa shape index (κ3) is 4.81. The molecule has 27 heavy (non-hydrogen) atoms. The van der Waals surface area contributed by atoms with E-state index in [2.05, 4.69) is 4.74 Å². The number of nitro benzene ring substituents is 1. The second-order valence-corrected chi connectivity index (χ2v) is 5.69. The Morgan fingerprint density at radius 1 is 1.11 bits per heavy atom. The van der Waals surface area contributed by atoms with Gasteiger partial charge in [-0.3, -0.25) is 19.7 Å². The fourth-order valence-electron chi connectivity index (χ4n) is 2.52. The van der Waals surface area contributed by atoms with Crippen LogP contribution in [-0.2, 0) is 20.9 Å². The van der Waals surface area contributed by atoms with Gasteiger partial charge in [0.15, 0.2) is 5.75 Å². The Kier molecular flexibility index (Phi) is 6.48. The third-order valence-electron chi connectivity index (χ3n) is 3.91. The summed E-state index contributed by atoms with van der Waals surface area (Å²) in [5.74, 6) is -1.74. The first-order chi connectivity index (χ1) is 12.9. The number of carbonyl (C=O) groups excluding carboxylic acids is 2. The summed E-state index contributed by atoms with van der Waals surface area (Å²) in [6.45, 7) is 1.33. The fraction of sp³-hybridized carbons (Fsp3) is 0.263. The van der Waals surface area contributed by atoms with Gasteiger partial charge < -0.3 is 14.2 Å². The molecule has 0 aliphatic heterocycles. The number of esters is 1. The van der Waals surface area contributed by atoms with E-state index in [0.717, 1.165) is 18.7 Å². The molecule has 0 spiro atoms. The number of rotatable bonds is 8. The molecular formula is C19H19NO7. The molecule has 0 fully saturated rings. The lowest BCUT2D eigenvalue weighted by Gasteiger charge is -2.13. The van der Waals surface area contributed by atoms with E-state index < -0.39 is 22.6 Å². The van der Waals surface area contributed by atoms with E-state index in [1.165, 1.54) is 19.1 Å². The van der Waals surface area contributed by atoms with Crippen LogP contribution in [0.3, 0.4) is 0 Å². The molecule has 0 aliphatic rings. The summed E-state index contributed by atoms with van der Waals surface area (Å²) >= 11 is 0. The van der Waals surface area contributed by atoms with Gasteiger partial charge in [0.05, 0.1) is 19.1 Å². The number of nitro groups is 1. The average molecular weight is 373 g/mol. The van der Waals surface area contributed by atoms with Gasteiger partial charge in [-0.25, -0.2) is 0 Å². The van der Waals surface area contributed by atoms with Crippen LogP contribution in [-0.4, -0.2) is 30.9 Å². The van der Waals surface area contributed by atoms with E-state index in [1.54, 1.807) is 31.4 Å². The summed E-state index contributed by atoms with van der Waals surface area (Å²) in [7, 11) is 2.71. The van der Waals surface area contributed by atoms with Crippen molar-refractivity contribution in [2.75, 3.05) is 14.2 Å².